The van der Waals surface area contributed by atoms with Crippen molar-refractivity contribution >= 4 is 28.5 Å². The summed E-state index contributed by atoms with van der Waals surface area (Å²) in [6.45, 7) is 3.49. The van der Waals surface area contributed by atoms with Crippen LogP contribution in [0.25, 0.3) is 33.3 Å². The summed E-state index contributed by atoms with van der Waals surface area (Å²) in [6, 6.07) is 15.0. The summed E-state index contributed by atoms with van der Waals surface area (Å²) in [5.74, 6) is -1.78. The standard InChI is InChI=1S/C28H25FN2O3/c1-3-4-5-16-6-8-17(9-7-16)19-11-10-18-12-21-20-13-22(28(33)34)24(30-15(2)32)14-23(20)31-27(21)25(18)26(19)29/h6-11,13-14,31H,3-5,12H2,1-2H3,(H,30,32)(H,33,34). The van der Waals surface area contributed by atoms with Crippen LogP contribution in [-0.2, 0) is 17.6 Å². The maximum atomic E-state index is 15.9. The first kappa shape index (κ1) is 21.9. The third kappa shape index (κ3) is 3.65. The van der Waals surface area contributed by atoms with Crippen molar-refractivity contribution in [3.63, 3.8) is 0 Å². The van der Waals surface area contributed by atoms with Crippen molar-refractivity contribution in [1.82, 2.24) is 4.98 Å². The molecule has 0 fully saturated rings. The lowest BCUT2D eigenvalue weighted by atomic mass is 9.97. The van der Waals surface area contributed by atoms with E-state index in [4.69, 9.17) is 0 Å². The molecule has 6 heteroatoms. The molecule has 172 valence electrons. The molecule has 5 nitrogen and oxygen atoms in total. The Balaban J connectivity index is 1.60. The number of H-pyrrole nitrogens is 1. The van der Waals surface area contributed by atoms with Crippen LogP contribution in [0.4, 0.5) is 10.1 Å². The number of carbonyl (C=O) groups excluding carboxylic acids is 1. The summed E-state index contributed by atoms with van der Waals surface area (Å²) < 4.78 is 15.9. The van der Waals surface area contributed by atoms with E-state index >= 15 is 4.39 Å². The average Bonchev–Trinajstić information content (AvgIpc) is 3.33. The Morgan fingerprint density at radius 3 is 2.56 bits per heavy atom. The number of anilines is 1. The highest BCUT2D eigenvalue weighted by Gasteiger charge is 2.29. The van der Waals surface area contributed by atoms with Gasteiger partial charge in [-0.2, -0.15) is 0 Å². The SMILES string of the molecule is CCCCc1ccc(-c2ccc3c(c2F)-c2[nH]c4cc(NC(C)=O)c(C(=O)O)cc4c2C3)cc1. The van der Waals surface area contributed by atoms with Gasteiger partial charge >= 0.3 is 5.97 Å². The molecule has 1 aliphatic rings. The van der Waals surface area contributed by atoms with Gasteiger partial charge in [0.15, 0.2) is 0 Å². The number of halogens is 1. The molecule has 0 radical (unpaired) electrons. The molecule has 3 N–H and O–H groups in total. The van der Waals surface area contributed by atoms with Gasteiger partial charge in [0, 0.05) is 35.4 Å². The third-order valence-electron chi connectivity index (χ3n) is 6.51. The van der Waals surface area contributed by atoms with Gasteiger partial charge < -0.3 is 15.4 Å². The maximum Gasteiger partial charge on any atom is 0.337 e. The average molecular weight is 457 g/mol. The van der Waals surface area contributed by atoms with Gasteiger partial charge in [-0.05, 0) is 47.2 Å². The van der Waals surface area contributed by atoms with E-state index in [2.05, 4.69) is 29.4 Å². The van der Waals surface area contributed by atoms with Gasteiger partial charge in [-0.25, -0.2) is 9.18 Å². The number of hydrogen-bond acceptors (Lipinski definition) is 2. The first-order valence-electron chi connectivity index (χ1n) is 11.5. The van der Waals surface area contributed by atoms with Crippen molar-refractivity contribution < 1.29 is 19.1 Å². The number of nitrogens with one attached hydrogen (secondary N) is 2. The topological polar surface area (TPSA) is 82.2 Å². The highest BCUT2D eigenvalue weighted by Crippen LogP contribution is 2.45. The Morgan fingerprint density at radius 2 is 1.88 bits per heavy atom. The van der Waals surface area contributed by atoms with Crippen molar-refractivity contribution in [2.45, 2.75) is 39.5 Å². The van der Waals surface area contributed by atoms with Crippen LogP contribution in [0.3, 0.4) is 0 Å². The molecule has 1 amide bonds. The lowest BCUT2D eigenvalue weighted by Gasteiger charge is -2.10. The Kier molecular flexibility index (Phi) is 5.44. The van der Waals surface area contributed by atoms with Gasteiger partial charge in [0.05, 0.1) is 16.9 Å². The number of carboxylic acids is 1. The normalized spacial score (nSPS) is 12.0. The minimum absolute atomic E-state index is 0.00443. The molecule has 0 spiro atoms. The lowest BCUT2D eigenvalue weighted by molar-refractivity contribution is -0.114. The Morgan fingerprint density at radius 1 is 1.12 bits per heavy atom. The van der Waals surface area contributed by atoms with E-state index in [9.17, 15) is 14.7 Å². The number of aryl methyl sites for hydroxylation is 1. The third-order valence-corrected chi connectivity index (χ3v) is 6.51. The van der Waals surface area contributed by atoms with Gasteiger partial charge in [-0.15, -0.1) is 0 Å². The zero-order valence-electron chi connectivity index (χ0n) is 19.1. The van der Waals surface area contributed by atoms with Gasteiger partial charge in [-0.1, -0.05) is 49.7 Å². The predicted molar refractivity (Wildman–Crippen MR) is 132 cm³/mol. The van der Waals surface area contributed by atoms with E-state index in [0.717, 1.165) is 41.3 Å². The number of aromatic nitrogens is 1. The first-order valence-corrected chi connectivity index (χ1v) is 11.5. The molecule has 1 heterocycles. The number of hydrogen-bond donors (Lipinski definition) is 3. The zero-order chi connectivity index (χ0) is 24.0. The molecule has 0 atom stereocenters. The summed E-state index contributed by atoms with van der Waals surface area (Å²) >= 11 is 0. The smallest absolute Gasteiger partial charge is 0.337 e. The number of aromatic amines is 1. The van der Waals surface area contributed by atoms with Crippen molar-refractivity contribution in [2.75, 3.05) is 5.32 Å². The highest BCUT2D eigenvalue weighted by atomic mass is 19.1. The number of aromatic carboxylic acids is 1. The van der Waals surface area contributed by atoms with E-state index in [-0.39, 0.29) is 23.0 Å². The molecule has 0 saturated heterocycles. The molecular formula is C28H25FN2O3. The lowest BCUT2D eigenvalue weighted by Crippen LogP contribution is -2.10. The van der Waals surface area contributed by atoms with Crippen LogP contribution in [0, 0.1) is 5.82 Å². The number of benzene rings is 3. The van der Waals surface area contributed by atoms with Crippen molar-refractivity contribution in [1.29, 1.82) is 0 Å². The molecule has 34 heavy (non-hydrogen) atoms. The van der Waals surface area contributed by atoms with Gasteiger partial charge in [0.1, 0.15) is 5.82 Å². The Labute approximate surface area is 196 Å². The molecule has 4 aromatic rings. The number of rotatable bonds is 6. The van der Waals surface area contributed by atoms with Crippen LogP contribution < -0.4 is 5.32 Å². The van der Waals surface area contributed by atoms with Crippen LogP contribution in [0.5, 0.6) is 0 Å². The molecule has 0 aliphatic heterocycles. The fourth-order valence-corrected chi connectivity index (χ4v) is 4.84. The number of carbonyl (C=O) groups is 2. The first-order chi connectivity index (χ1) is 16.4. The Bertz CT molecular complexity index is 1450. The van der Waals surface area contributed by atoms with Crippen LogP contribution in [0.2, 0.25) is 0 Å². The van der Waals surface area contributed by atoms with Gasteiger partial charge in [-0.3, -0.25) is 4.79 Å². The van der Waals surface area contributed by atoms with E-state index in [0.29, 0.717) is 28.8 Å². The van der Waals surface area contributed by atoms with Gasteiger partial charge in [0.2, 0.25) is 5.91 Å². The zero-order valence-corrected chi connectivity index (χ0v) is 19.1. The van der Waals surface area contributed by atoms with Crippen LogP contribution in [0.15, 0.2) is 48.5 Å². The minimum Gasteiger partial charge on any atom is -0.478 e. The Hall–Kier alpha value is -3.93. The summed E-state index contributed by atoms with van der Waals surface area (Å²) in [6.07, 6.45) is 3.79. The summed E-state index contributed by atoms with van der Waals surface area (Å²) in [4.78, 5) is 26.6. The fraction of sp³-hybridized carbons (Fsp3) is 0.214. The summed E-state index contributed by atoms with van der Waals surface area (Å²) in [5.41, 5.74) is 6.42. The molecule has 0 saturated carbocycles. The second-order valence-corrected chi connectivity index (χ2v) is 8.85. The molecule has 0 unspecified atom stereocenters. The molecule has 0 bridgehead atoms. The number of fused-ring (bicyclic) bond motifs is 5. The maximum absolute atomic E-state index is 15.9. The van der Waals surface area contributed by atoms with E-state index in [1.54, 1.807) is 12.1 Å². The fourth-order valence-electron chi connectivity index (χ4n) is 4.84. The molecule has 5 rings (SSSR count). The summed E-state index contributed by atoms with van der Waals surface area (Å²) in [5, 5.41) is 12.9. The van der Waals surface area contributed by atoms with E-state index in [1.807, 2.05) is 24.3 Å². The number of amides is 1. The predicted octanol–water partition coefficient (Wildman–Crippen LogP) is 6.54. The van der Waals surface area contributed by atoms with Crippen LogP contribution in [0.1, 0.15) is 53.7 Å². The largest absolute Gasteiger partial charge is 0.478 e. The molecular weight excluding hydrogens is 431 g/mol. The van der Waals surface area contributed by atoms with Gasteiger partial charge in [0.25, 0.3) is 0 Å². The van der Waals surface area contributed by atoms with Crippen LogP contribution in [-0.4, -0.2) is 22.0 Å². The second kappa shape index (κ2) is 8.45. The number of unbranched alkanes of at least 4 members (excludes halogenated alkanes) is 1. The summed E-state index contributed by atoms with van der Waals surface area (Å²) in [7, 11) is 0. The minimum atomic E-state index is -1.13. The van der Waals surface area contributed by atoms with E-state index in [1.165, 1.54) is 12.5 Å². The van der Waals surface area contributed by atoms with Crippen molar-refractivity contribution in [3.8, 4) is 22.4 Å². The van der Waals surface area contributed by atoms with Crippen LogP contribution >= 0.6 is 0 Å². The molecule has 1 aromatic heterocycles. The van der Waals surface area contributed by atoms with E-state index < -0.39 is 5.97 Å². The quantitative estimate of drug-likeness (QED) is 0.271. The second-order valence-electron chi connectivity index (χ2n) is 8.85. The number of carboxylic acid groups (broad SMARTS) is 1. The molecule has 3 aromatic carbocycles. The highest BCUT2D eigenvalue weighted by molar-refractivity contribution is 6.06. The van der Waals surface area contributed by atoms with Crippen molar-refractivity contribution in [2.24, 2.45) is 0 Å². The van der Waals surface area contributed by atoms with Crippen molar-refractivity contribution in [3.05, 3.63) is 76.6 Å². The monoisotopic (exact) mass is 456 g/mol. The molecule has 1 aliphatic carbocycles.